The van der Waals surface area contributed by atoms with Crippen LogP contribution in [0.15, 0.2) is 41.9 Å². The van der Waals surface area contributed by atoms with Crippen LogP contribution < -0.4 is 5.32 Å². The number of nitrogens with one attached hydrogen (secondary N) is 1. The molecule has 1 N–H and O–H groups in total. The Hall–Kier alpha value is -2.14. The minimum absolute atomic E-state index is 0.760. The number of hydrogen-bond acceptors (Lipinski definition) is 4. The third-order valence-corrected chi connectivity index (χ3v) is 3.95. The Bertz CT molecular complexity index is 714. The molecular formula is C15H16N4S. The van der Waals surface area contributed by atoms with Gasteiger partial charge in [0, 0.05) is 29.9 Å². The van der Waals surface area contributed by atoms with Gasteiger partial charge >= 0.3 is 0 Å². The maximum absolute atomic E-state index is 4.52. The second kappa shape index (κ2) is 5.46. The predicted molar refractivity (Wildman–Crippen MR) is 82.8 cm³/mol. The van der Waals surface area contributed by atoms with Gasteiger partial charge in [0.2, 0.25) is 0 Å². The number of rotatable bonds is 4. The van der Waals surface area contributed by atoms with Gasteiger partial charge in [0.25, 0.3) is 0 Å². The van der Waals surface area contributed by atoms with Crippen LogP contribution in [0.3, 0.4) is 0 Å². The summed E-state index contributed by atoms with van der Waals surface area (Å²) in [7, 11) is 1.95. The number of aryl methyl sites for hydroxylation is 2. The van der Waals surface area contributed by atoms with Gasteiger partial charge < -0.3 is 5.32 Å². The van der Waals surface area contributed by atoms with Crippen molar-refractivity contribution in [2.45, 2.75) is 13.5 Å². The van der Waals surface area contributed by atoms with E-state index in [9.17, 15) is 0 Å². The van der Waals surface area contributed by atoms with E-state index in [0.29, 0.717) is 0 Å². The Kier molecular flexibility index (Phi) is 3.52. The van der Waals surface area contributed by atoms with Crippen LogP contribution in [0.2, 0.25) is 0 Å². The van der Waals surface area contributed by atoms with E-state index >= 15 is 0 Å². The zero-order valence-electron chi connectivity index (χ0n) is 11.5. The van der Waals surface area contributed by atoms with Crippen molar-refractivity contribution in [3.05, 3.63) is 52.6 Å². The van der Waals surface area contributed by atoms with Crippen molar-refractivity contribution in [2.75, 3.05) is 5.32 Å². The standard InChI is InChI=1S/C15H16N4S/c1-11-18-15(10-20-11)12-4-3-5-13(8-12)16-9-14-6-7-17-19(14)2/h3-8,10,16H,9H2,1-2H3. The Morgan fingerprint density at radius 2 is 2.20 bits per heavy atom. The first kappa shape index (κ1) is 12.9. The second-order valence-corrected chi connectivity index (χ2v) is 5.69. The first-order valence-electron chi connectivity index (χ1n) is 6.46. The van der Waals surface area contributed by atoms with Gasteiger partial charge in [-0.3, -0.25) is 4.68 Å². The summed E-state index contributed by atoms with van der Waals surface area (Å²) in [5, 5.41) is 10.8. The van der Waals surface area contributed by atoms with Gasteiger partial charge in [-0.1, -0.05) is 12.1 Å². The van der Waals surface area contributed by atoms with E-state index in [1.54, 1.807) is 11.3 Å². The van der Waals surface area contributed by atoms with Crippen LogP contribution in [-0.4, -0.2) is 14.8 Å². The van der Waals surface area contributed by atoms with Gasteiger partial charge in [-0.05, 0) is 25.1 Å². The molecule has 0 saturated carbocycles. The summed E-state index contributed by atoms with van der Waals surface area (Å²) >= 11 is 1.68. The smallest absolute Gasteiger partial charge is 0.0901 e. The van der Waals surface area contributed by atoms with Crippen LogP contribution in [0, 0.1) is 6.92 Å². The highest BCUT2D eigenvalue weighted by Gasteiger charge is 2.03. The fourth-order valence-electron chi connectivity index (χ4n) is 2.05. The van der Waals surface area contributed by atoms with Crippen molar-refractivity contribution in [1.29, 1.82) is 0 Å². The van der Waals surface area contributed by atoms with Gasteiger partial charge in [0.15, 0.2) is 0 Å². The molecule has 20 heavy (non-hydrogen) atoms. The molecule has 0 aliphatic rings. The minimum Gasteiger partial charge on any atom is -0.379 e. The third kappa shape index (κ3) is 2.72. The van der Waals surface area contributed by atoms with Crippen LogP contribution in [0.1, 0.15) is 10.7 Å². The molecule has 0 aliphatic carbocycles. The van der Waals surface area contributed by atoms with Crippen molar-refractivity contribution in [3.63, 3.8) is 0 Å². The van der Waals surface area contributed by atoms with E-state index in [1.165, 1.54) is 0 Å². The maximum atomic E-state index is 4.52. The maximum Gasteiger partial charge on any atom is 0.0901 e. The molecule has 0 bridgehead atoms. The lowest BCUT2D eigenvalue weighted by Crippen LogP contribution is -2.05. The SMILES string of the molecule is Cc1nc(-c2cccc(NCc3ccnn3C)c2)cs1. The lowest BCUT2D eigenvalue weighted by molar-refractivity contribution is 0.720. The summed E-state index contributed by atoms with van der Waals surface area (Å²) in [4.78, 5) is 4.52. The summed E-state index contributed by atoms with van der Waals surface area (Å²) in [6.07, 6.45) is 1.81. The van der Waals surface area contributed by atoms with Gasteiger partial charge in [-0.2, -0.15) is 5.10 Å². The summed E-state index contributed by atoms with van der Waals surface area (Å²) in [6, 6.07) is 10.4. The van der Waals surface area contributed by atoms with Gasteiger partial charge in [0.05, 0.1) is 22.9 Å². The van der Waals surface area contributed by atoms with Crippen molar-refractivity contribution < 1.29 is 0 Å². The number of anilines is 1. The zero-order chi connectivity index (χ0) is 13.9. The van der Waals surface area contributed by atoms with Gasteiger partial charge in [-0.15, -0.1) is 11.3 Å². The van der Waals surface area contributed by atoms with Crippen molar-refractivity contribution >= 4 is 17.0 Å². The molecule has 4 nitrogen and oxygen atoms in total. The molecule has 3 rings (SSSR count). The average molecular weight is 284 g/mol. The van der Waals surface area contributed by atoms with Crippen LogP contribution in [0.5, 0.6) is 0 Å². The quantitative estimate of drug-likeness (QED) is 0.797. The number of aromatic nitrogens is 3. The molecule has 0 radical (unpaired) electrons. The average Bonchev–Trinajstić information content (AvgIpc) is 3.06. The molecule has 0 saturated heterocycles. The van der Waals surface area contributed by atoms with E-state index in [-0.39, 0.29) is 0 Å². The molecule has 0 atom stereocenters. The minimum atomic E-state index is 0.760. The first-order chi connectivity index (χ1) is 9.72. The number of thiazole rings is 1. The molecule has 0 unspecified atom stereocenters. The van der Waals surface area contributed by atoms with Crippen LogP contribution in [0.25, 0.3) is 11.3 Å². The molecule has 0 fully saturated rings. The lowest BCUT2D eigenvalue weighted by Gasteiger charge is -2.08. The van der Waals surface area contributed by atoms with Crippen LogP contribution in [0.4, 0.5) is 5.69 Å². The summed E-state index contributed by atoms with van der Waals surface area (Å²) in [6.45, 7) is 2.79. The van der Waals surface area contributed by atoms with Gasteiger partial charge in [0.1, 0.15) is 0 Å². The van der Waals surface area contributed by atoms with E-state index in [1.807, 2.05) is 30.9 Å². The fourth-order valence-corrected chi connectivity index (χ4v) is 2.67. The highest BCUT2D eigenvalue weighted by molar-refractivity contribution is 7.09. The number of benzene rings is 1. The fraction of sp³-hybridized carbons (Fsp3) is 0.200. The molecular weight excluding hydrogens is 268 g/mol. The Balaban J connectivity index is 1.76. The molecule has 102 valence electrons. The molecule has 5 heteroatoms. The summed E-state index contributed by atoms with van der Waals surface area (Å²) in [5.74, 6) is 0. The third-order valence-electron chi connectivity index (χ3n) is 3.17. The van der Waals surface area contributed by atoms with Crippen LogP contribution in [-0.2, 0) is 13.6 Å². The van der Waals surface area contributed by atoms with Gasteiger partial charge in [-0.25, -0.2) is 4.98 Å². The van der Waals surface area contributed by atoms with Crippen molar-refractivity contribution in [3.8, 4) is 11.3 Å². The van der Waals surface area contributed by atoms with Crippen molar-refractivity contribution in [1.82, 2.24) is 14.8 Å². The first-order valence-corrected chi connectivity index (χ1v) is 7.33. The Morgan fingerprint density at radius 1 is 1.30 bits per heavy atom. The second-order valence-electron chi connectivity index (χ2n) is 4.63. The monoisotopic (exact) mass is 284 g/mol. The highest BCUT2D eigenvalue weighted by atomic mass is 32.1. The van der Waals surface area contributed by atoms with E-state index in [2.05, 4.69) is 45.0 Å². The Morgan fingerprint density at radius 3 is 2.90 bits per heavy atom. The topological polar surface area (TPSA) is 42.7 Å². The predicted octanol–water partition coefficient (Wildman–Crippen LogP) is 3.46. The Labute approximate surface area is 122 Å². The van der Waals surface area contributed by atoms with Crippen LogP contribution >= 0.6 is 11.3 Å². The van der Waals surface area contributed by atoms with E-state index in [0.717, 1.165) is 34.2 Å². The molecule has 3 aromatic rings. The zero-order valence-corrected chi connectivity index (χ0v) is 12.3. The molecule has 1 aromatic carbocycles. The highest BCUT2D eigenvalue weighted by Crippen LogP contribution is 2.24. The molecule has 0 spiro atoms. The van der Waals surface area contributed by atoms with E-state index in [4.69, 9.17) is 0 Å². The molecule has 0 aliphatic heterocycles. The molecule has 2 aromatic heterocycles. The van der Waals surface area contributed by atoms with Crippen molar-refractivity contribution in [2.24, 2.45) is 7.05 Å². The molecule has 2 heterocycles. The summed E-state index contributed by atoms with van der Waals surface area (Å²) in [5.41, 5.74) is 4.43. The lowest BCUT2D eigenvalue weighted by atomic mass is 10.1. The normalized spacial score (nSPS) is 10.7. The summed E-state index contributed by atoms with van der Waals surface area (Å²) < 4.78 is 1.88. The van der Waals surface area contributed by atoms with E-state index < -0.39 is 0 Å². The number of hydrogen-bond donors (Lipinski definition) is 1. The number of nitrogens with zero attached hydrogens (tertiary/aromatic N) is 3. The molecule has 0 amide bonds. The largest absolute Gasteiger partial charge is 0.379 e.